The van der Waals surface area contributed by atoms with Crippen molar-refractivity contribution >= 4 is 17.0 Å². The van der Waals surface area contributed by atoms with Crippen LogP contribution in [0.3, 0.4) is 0 Å². The molecule has 25 heavy (non-hydrogen) atoms. The minimum Gasteiger partial charge on any atom is -0.436 e. The molecule has 1 aliphatic rings. The number of aromatic nitrogens is 1. The van der Waals surface area contributed by atoms with Crippen LogP contribution in [0.25, 0.3) is 22.6 Å². The van der Waals surface area contributed by atoms with Gasteiger partial charge in [-0.05, 0) is 49.2 Å². The summed E-state index contributed by atoms with van der Waals surface area (Å²) in [6.45, 7) is 0. The summed E-state index contributed by atoms with van der Waals surface area (Å²) in [6.07, 6.45) is 4.54. The van der Waals surface area contributed by atoms with Crippen molar-refractivity contribution in [2.45, 2.75) is 31.7 Å². The maximum absolute atomic E-state index is 13.7. The number of hydrogen-bond acceptors (Lipinski definition) is 3. The smallest absolute Gasteiger partial charge is 0.253 e. The monoisotopic (exact) mass is 338 g/mol. The van der Waals surface area contributed by atoms with Crippen LogP contribution in [0.5, 0.6) is 0 Å². The lowest BCUT2D eigenvalue weighted by atomic mass is 10.1. The van der Waals surface area contributed by atoms with Crippen LogP contribution in [0.1, 0.15) is 36.0 Å². The van der Waals surface area contributed by atoms with Crippen molar-refractivity contribution in [1.29, 1.82) is 0 Å². The van der Waals surface area contributed by atoms with Gasteiger partial charge in [0, 0.05) is 24.2 Å². The van der Waals surface area contributed by atoms with Crippen molar-refractivity contribution in [2.24, 2.45) is 0 Å². The first-order valence-corrected chi connectivity index (χ1v) is 8.56. The third kappa shape index (κ3) is 2.90. The second-order valence-corrected chi connectivity index (χ2v) is 6.54. The van der Waals surface area contributed by atoms with Gasteiger partial charge in [-0.1, -0.05) is 18.9 Å². The number of nitrogens with zero attached hydrogens (tertiary/aromatic N) is 2. The topological polar surface area (TPSA) is 46.3 Å². The number of benzene rings is 2. The van der Waals surface area contributed by atoms with Crippen LogP contribution in [0.15, 0.2) is 46.9 Å². The molecule has 1 heterocycles. The number of carbonyl (C=O) groups is 1. The number of oxazole rings is 1. The van der Waals surface area contributed by atoms with Crippen molar-refractivity contribution < 1.29 is 13.6 Å². The van der Waals surface area contributed by atoms with Gasteiger partial charge in [-0.15, -0.1) is 0 Å². The highest BCUT2D eigenvalue weighted by Crippen LogP contribution is 2.27. The second kappa shape index (κ2) is 6.31. The third-order valence-corrected chi connectivity index (χ3v) is 4.94. The molecular weight excluding hydrogens is 319 g/mol. The maximum Gasteiger partial charge on any atom is 0.253 e. The van der Waals surface area contributed by atoms with E-state index in [1.54, 1.807) is 36.4 Å². The Morgan fingerprint density at radius 1 is 1.16 bits per heavy atom. The zero-order valence-electron chi connectivity index (χ0n) is 14.0. The molecule has 5 heteroatoms. The first-order chi connectivity index (χ1) is 12.1. The van der Waals surface area contributed by atoms with Gasteiger partial charge in [-0.2, -0.15) is 0 Å². The van der Waals surface area contributed by atoms with Gasteiger partial charge in [0.1, 0.15) is 5.52 Å². The zero-order chi connectivity index (χ0) is 17.4. The molecule has 0 aliphatic heterocycles. The fourth-order valence-corrected chi connectivity index (χ4v) is 3.45. The molecule has 1 amide bonds. The molecule has 4 rings (SSSR count). The molecule has 1 aromatic heterocycles. The summed E-state index contributed by atoms with van der Waals surface area (Å²) >= 11 is 0. The highest BCUT2D eigenvalue weighted by Gasteiger charge is 2.24. The lowest BCUT2D eigenvalue weighted by Gasteiger charge is -2.24. The fourth-order valence-electron chi connectivity index (χ4n) is 3.45. The molecular formula is C20H19FN2O2. The van der Waals surface area contributed by atoms with Gasteiger partial charge < -0.3 is 9.32 Å². The third-order valence-electron chi connectivity index (χ3n) is 4.94. The van der Waals surface area contributed by atoms with Gasteiger partial charge in [-0.25, -0.2) is 9.37 Å². The summed E-state index contributed by atoms with van der Waals surface area (Å²) < 4.78 is 19.4. The fraction of sp³-hybridized carbons (Fsp3) is 0.300. The minimum atomic E-state index is -0.405. The Morgan fingerprint density at radius 2 is 1.88 bits per heavy atom. The highest BCUT2D eigenvalue weighted by molar-refractivity contribution is 5.94. The average Bonchev–Trinajstić information content (AvgIpc) is 3.31. The SMILES string of the molecule is CN(C(=O)c1ccc(-c2nc3c(F)cccc3o2)cc1)C1CCCC1. The van der Waals surface area contributed by atoms with Crippen LogP contribution in [0.2, 0.25) is 0 Å². The lowest BCUT2D eigenvalue weighted by Crippen LogP contribution is -2.35. The minimum absolute atomic E-state index is 0.0297. The number of rotatable bonds is 3. The van der Waals surface area contributed by atoms with E-state index in [9.17, 15) is 9.18 Å². The molecule has 1 fully saturated rings. The quantitative estimate of drug-likeness (QED) is 0.698. The van der Waals surface area contributed by atoms with E-state index in [4.69, 9.17) is 4.42 Å². The van der Waals surface area contributed by atoms with E-state index in [1.165, 1.54) is 18.9 Å². The predicted octanol–water partition coefficient (Wildman–Crippen LogP) is 4.65. The second-order valence-electron chi connectivity index (χ2n) is 6.54. The zero-order valence-corrected chi connectivity index (χ0v) is 14.0. The Bertz CT molecular complexity index is 911. The molecule has 4 nitrogen and oxygen atoms in total. The highest BCUT2D eigenvalue weighted by atomic mass is 19.1. The Labute approximate surface area is 145 Å². The Hall–Kier alpha value is -2.69. The van der Waals surface area contributed by atoms with Crippen LogP contribution >= 0.6 is 0 Å². The van der Waals surface area contributed by atoms with Crippen molar-refractivity contribution in [3.05, 3.63) is 53.8 Å². The summed E-state index contributed by atoms with van der Waals surface area (Å²) in [4.78, 5) is 18.7. The molecule has 3 aromatic rings. The molecule has 0 radical (unpaired) electrons. The van der Waals surface area contributed by atoms with Crippen LogP contribution in [0.4, 0.5) is 4.39 Å². The van der Waals surface area contributed by atoms with Gasteiger partial charge in [0.15, 0.2) is 11.4 Å². The van der Waals surface area contributed by atoms with E-state index < -0.39 is 5.82 Å². The predicted molar refractivity (Wildman–Crippen MR) is 93.8 cm³/mol. The molecule has 128 valence electrons. The van der Waals surface area contributed by atoms with Crippen LogP contribution in [-0.2, 0) is 0 Å². The summed E-state index contributed by atoms with van der Waals surface area (Å²) in [5, 5.41) is 0. The summed E-state index contributed by atoms with van der Waals surface area (Å²) in [5.41, 5.74) is 1.99. The molecule has 0 bridgehead atoms. The molecule has 0 N–H and O–H groups in total. The summed E-state index contributed by atoms with van der Waals surface area (Å²) in [5.74, 6) is -0.0252. The number of fused-ring (bicyclic) bond motifs is 1. The van der Waals surface area contributed by atoms with Crippen molar-refractivity contribution in [1.82, 2.24) is 9.88 Å². The number of hydrogen-bond donors (Lipinski definition) is 0. The van der Waals surface area contributed by atoms with E-state index >= 15 is 0 Å². The lowest BCUT2D eigenvalue weighted by molar-refractivity contribution is 0.0735. The van der Waals surface area contributed by atoms with E-state index in [-0.39, 0.29) is 11.4 Å². The normalized spacial score (nSPS) is 15.0. The van der Waals surface area contributed by atoms with Gasteiger partial charge in [0.2, 0.25) is 5.89 Å². The molecule has 0 saturated heterocycles. The number of halogens is 1. The van der Waals surface area contributed by atoms with E-state index in [2.05, 4.69) is 4.98 Å². The molecule has 0 unspecified atom stereocenters. The van der Waals surface area contributed by atoms with E-state index in [1.807, 2.05) is 11.9 Å². The van der Waals surface area contributed by atoms with Gasteiger partial charge in [-0.3, -0.25) is 4.79 Å². The Balaban J connectivity index is 1.58. The standard InChI is InChI=1S/C20H19FN2O2/c1-23(15-5-2-3-6-15)20(24)14-11-9-13(10-12-14)19-22-18-16(21)7-4-8-17(18)25-19/h4,7-12,15H,2-3,5-6H2,1H3. The molecule has 1 saturated carbocycles. The number of amides is 1. The van der Waals surface area contributed by atoms with E-state index in [0.717, 1.165) is 18.4 Å². The van der Waals surface area contributed by atoms with Crippen molar-refractivity contribution in [3.63, 3.8) is 0 Å². The maximum atomic E-state index is 13.7. The molecule has 1 aliphatic carbocycles. The number of para-hydroxylation sites is 1. The first kappa shape index (κ1) is 15.8. The Kier molecular flexibility index (Phi) is 3.99. The van der Waals surface area contributed by atoms with Crippen molar-refractivity contribution in [2.75, 3.05) is 7.05 Å². The Morgan fingerprint density at radius 3 is 2.56 bits per heavy atom. The average molecular weight is 338 g/mol. The molecule has 0 spiro atoms. The summed E-state index contributed by atoms with van der Waals surface area (Å²) in [6, 6.07) is 12.1. The molecule has 2 aromatic carbocycles. The first-order valence-electron chi connectivity index (χ1n) is 8.56. The van der Waals surface area contributed by atoms with Gasteiger partial charge in [0.05, 0.1) is 0 Å². The summed E-state index contributed by atoms with van der Waals surface area (Å²) in [7, 11) is 1.87. The van der Waals surface area contributed by atoms with Gasteiger partial charge >= 0.3 is 0 Å². The van der Waals surface area contributed by atoms with Crippen LogP contribution in [-0.4, -0.2) is 28.9 Å². The largest absolute Gasteiger partial charge is 0.436 e. The van der Waals surface area contributed by atoms with Crippen molar-refractivity contribution in [3.8, 4) is 11.5 Å². The number of carbonyl (C=O) groups excluding carboxylic acids is 1. The van der Waals surface area contributed by atoms with Crippen LogP contribution < -0.4 is 0 Å². The van der Waals surface area contributed by atoms with Crippen LogP contribution in [0, 0.1) is 5.82 Å². The molecule has 0 atom stereocenters. The van der Waals surface area contributed by atoms with Gasteiger partial charge in [0.25, 0.3) is 5.91 Å². The van der Waals surface area contributed by atoms with E-state index in [0.29, 0.717) is 23.1 Å².